The Bertz CT molecular complexity index is 665. The van der Waals surface area contributed by atoms with Gasteiger partial charge < -0.3 is 15.1 Å². The van der Waals surface area contributed by atoms with E-state index in [2.05, 4.69) is 56.5 Å². The van der Waals surface area contributed by atoms with E-state index >= 15 is 0 Å². The second kappa shape index (κ2) is 12.8. The molecule has 0 unspecified atom stereocenters. The molecule has 2 saturated heterocycles. The Kier molecular flexibility index (Phi) is 10.5. The summed E-state index contributed by atoms with van der Waals surface area (Å²) in [6, 6.07) is 10.4. The van der Waals surface area contributed by atoms with Crippen molar-refractivity contribution in [2.24, 2.45) is 4.99 Å². The van der Waals surface area contributed by atoms with E-state index in [-0.39, 0.29) is 29.9 Å². The average Bonchev–Trinajstić information content (AvgIpc) is 2.76. The molecule has 29 heavy (non-hydrogen) atoms. The first-order valence-corrected chi connectivity index (χ1v) is 10.4. The van der Waals surface area contributed by atoms with Crippen molar-refractivity contribution < 1.29 is 4.79 Å². The molecule has 160 valence electrons. The number of hydrogen-bond donors (Lipinski definition) is 1. The van der Waals surface area contributed by atoms with Gasteiger partial charge in [0.15, 0.2) is 5.96 Å². The Hall–Kier alpha value is -1.61. The molecule has 0 aliphatic carbocycles. The molecule has 1 amide bonds. The molecule has 1 aromatic rings. The lowest BCUT2D eigenvalue weighted by Crippen LogP contribution is -2.54. The molecular formula is C22H34IN5O. The summed E-state index contributed by atoms with van der Waals surface area (Å²) in [5, 5.41) is 3.27. The van der Waals surface area contributed by atoms with Crippen molar-refractivity contribution in [3.8, 4) is 0 Å². The molecule has 2 fully saturated rings. The second-order valence-electron chi connectivity index (χ2n) is 7.44. The number of piperazine rings is 1. The van der Waals surface area contributed by atoms with E-state index in [9.17, 15) is 4.79 Å². The molecule has 7 heteroatoms. The van der Waals surface area contributed by atoms with Gasteiger partial charge in [0.2, 0.25) is 5.91 Å². The van der Waals surface area contributed by atoms with Crippen molar-refractivity contribution in [2.75, 3.05) is 59.4 Å². The highest BCUT2D eigenvalue weighted by Crippen LogP contribution is 2.09. The van der Waals surface area contributed by atoms with Crippen LogP contribution in [-0.2, 0) is 4.79 Å². The maximum absolute atomic E-state index is 12.4. The second-order valence-corrected chi connectivity index (χ2v) is 7.44. The molecule has 2 aliphatic heterocycles. The molecule has 0 bridgehead atoms. The van der Waals surface area contributed by atoms with Crippen LogP contribution < -0.4 is 5.32 Å². The number of halogens is 1. The molecule has 0 radical (unpaired) electrons. The van der Waals surface area contributed by atoms with E-state index < -0.39 is 0 Å². The van der Waals surface area contributed by atoms with Gasteiger partial charge in [-0.1, -0.05) is 42.5 Å². The van der Waals surface area contributed by atoms with Crippen LogP contribution >= 0.6 is 24.0 Å². The molecule has 0 spiro atoms. The van der Waals surface area contributed by atoms with Crippen molar-refractivity contribution in [1.82, 2.24) is 20.0 Å². The van der Waals surface area contributed by atoms with E-state index in [4.69, 9.17) is 0 Å². The Morgan fingerprint density at radius 1 is 1.00 bits per heavy atom. The fraction of sp³-hybridized carbons (Fsp3) is 0.545. The molecule has 0 atom stereocenters. The van der Waals surface area contributed by atoms with Crippen LogP contribution in [0.3, 0.4) is 0 Å². The van der Waals surface area contributed by atoms with Gasteiger partial charge >= 0.3 is 0 Å². The first-order chi connectivity index (χ1) is 13.8. The fourth-order valence-electron chi connectivity index (χ4n) is 3.79. The van der Waals surface area contributed by atoms with Crippen molar-refractivity contribution >= 4 is 41.9 Å². The number of nitrogens with zero attached hydrogens (tertiary/aromatic N) is 4. The Morgan fingerprint density at radius 2 is 1.69 bits per heavy atom. The number of rotatable bonds is 5. The third kappa shape index (κ3) is 7.62. The number of piperidine rings is 1. The van der Waals surface area contributed by atoms with Crippen LogP contribution in [0.5, 0.6) is 0 Å². The standard InChI is InChI=1S/C22H33N5O.HI/c1-23-22(24-19-21(28)26-13-6-3-7-14-26)27-17-15-25(16-18-27)12-8-11-20-9-4-2-5-10-20;/h2,4-5,8-11H,3,6-7,12-19H2,1H3,(H,23,24);1H/b11-8+;. The molecule has 1 aromatic carbocycles. The number of carbonyl (C=O) groups is 1. The van der Waals surface area contributed by atoms with E-state index in [1.807, 2.05) is 11.0 Å². The lowest BCUT2D eigenvalue weighted by atomic mass is 10.1. The zero-order valence-corrected chi connectivity index (χ0v) is 19.8. The summed E-state index contributed by atoms with van der Waals surface area (Å²) in [6.07, 6.45) is 7.90. The molecule has 2 heterocycles. The van der Waals surface area contributed by atoms with Gasteiger partial charge in [-0.15, -0.1) is 24.0 Å². The lowest BCUT2D eigenvalue weighted by Gasteiger charge is -2.36. The van der Waals surface area contributed by atoms with Crippen molar-refractivity contribution in [3.05, 3.63) is 42.0 Å². The van der Waals surface area contributed by atoms with Crippen LogP contribution in [0.4, 0.5) is 0 Å². The predicted octanol–water partition coefficient (Wildman–Crippen LogP) is 2.52. The number of aliphatic imine (C=N–C) groups is 1. The summed E-state index contributed by atoms with van der Waals surface area (Å²) in [6.45, 7) is 6.95. The van der Waals surface area contributed by atoms with Gasteiger partial charge in [-0.25, -0.2) is 0 Å². The van der Waals surface area contributed by atoms with Gasteiger partial charge in [0.05, 0.1) is 6.54 Å². The van der Waals surface area contributed by atoms with Crippen LogP contribution in [0.15, 0.2) is 41.4 Å². The van der Waals surface area contributed by atoms with Crippen LogP contribution in [0.25, 0.3) is 6.08 Å². The van der Waals surface area contributed by atoms with E-state index in [0.29, 0.717) is 6.54 Å². The van der Waals surface area contributed by atoms with Gasteiger partial charge in [0.1, 0.15) is 0 Å². The summed E-state index contributed by atoms with van der Waals surface area (Å²) in [7, 11) is 1.79. The van der Waals surface area contributed by atoms with Crippen LogP contribution in [-0.4, -0.2) is 86.0 Å². The van der Waals surface area contributed by atoms with Gasteiger partial charge in [-0.2, -0.15) is 0 Å². The molecule has 1 N–H and O–H groups in total. The molecule has 2 aliphatic rings. The number of guanidine groups is 1. The number of carbonyl (C=O) groups excluding carboxylic acids is 1. The molecular weight excluding hydrogens is 477 g/mol. The highest BCUT2D eigenvalue weighted by Gasteiger charge is 2.21. The summed E-state index contributed by atoms with van der Waals surface area (Å²) >= 11 is 0. The fourth-order valence-corrected chi connectivity index (χ4v) is 3.79. The van der Waals surface area contributed by atoms with Gasteiger partial charge in [0, 0.05) is 52.9 Å². The summed E-state index contributed by atoms with van der Waals surface area (Å²) in [5.41, 5.74) is 1.24. The van der Waals surface area contributed by atoms with Crippen LogP contribution in [0.2, 0.25) is 0 Å². The SMILES string of the molecule is CN=C(NCC(=O)N1CCCCC1)N1CCN(C/C=C/c2ccccc2)CC1.I. The predicted molar refractivity (Wildman–Crippen MR) is 131 cm³/mol. The number of nitrogens with one attached hydrogen (secondary N) is 1. The maximum Gasteiger partial charge on any atom is 0.241 e. The van der Waals surface area contributed by atoms with E-state index in [1.165, 1.54) is 12.0 Å². The summed E-state index contributed by atoms with van der Waals surface area (Å²) < 4.78 is 0. The third-order valence-electron chi connectivity index (χ3n) is 5.46. The molecule has 6 nitrogen and oxygen atoms in total. The van der Waals surface area contributed by atoms with Gasteiger partial charge in [-0.3, -0.25) is 14.7 Å². The highest BCUT2D eigenvalue weighted by atomic mass is 127. The molecule has 0 aromatic heterocycles. The van der Waals surface area contributed by atoms with E-state index in [0.717, 1.165) is 64.6 Å². The van der Waals surface area contributed by atoms with Crippen molar-refractivity contribution in [1.29, 1.82) is 0 Å². The Labute approximate surface area is 192 Å². The number of likely N-dealkylation sites (tertiary alicyclic amines) is 1. The lowest BCUT2D eigenvalue weighted by molar-refractivity contribution is -0.130. The smallest absolute Gasteiger partial charge is 0.241 e. The number of hydrogen-bond acceptors (Lipinski definition) is 3. The minimum atomic E-state index is 0. The highest BCUT2D eigenvalue weighted by molar-refractivity contribution is 14.0. The quantitative estimate of drug-likeness (QED) is 0.375. The monoisotopic (exact) mass is 511 g/mol. The largest absolute Gasteiger partial charge is 0.347 e. The summed E-state index contributed by atoms with van der Waals surface area (Å²) in [4.78, 5) is 23.4. The zero-order chi connectivity index (χ0) is 19.6. The minimum Gasteiger partial charge on any atom is -0.347 e. The number of benzene rings is 1. The zero-order valence-electron chi connectivity index (χ0n) is 17.4. The minimum absolute atomic E-state index is 0. The molecule has 0 saturated carbocycles. The van der Waals surface area contributed by atoms with Crippen LogP contribution in [0, 0.1) is 0 Å². The summed E-state index contributed by atoms with van der Waals surface area (Å²) in [5.74, 6) is 1.02. The van der Waals surface area contributed by atoms with Crippen molar-refractivity contribution in [2.45, 2.75) is 19.3 Å². The Morgan fingerprint density at radius 3 is 2.34 bits per heavy atom. The van der Waals surface area contributed by atoms with Gasteiger partial charge in [0.25, 0.3) is 0 Å². The Balaban J connectivity index is 0.00000300. The van der Waals surface area contributed by atoms with Gasteiger partial charge in [-0.05, 0) is 24.8 Å². The van der Waals surface area contributed by atoms with E-state index in [1.54, 1.807) is 7.05 Å². The topological polar surface area (TPSA) is 51.2 Å². The molecule has 3 rings (SSSR count). The normalized spacial score (nSPS) is 18.6. The first kappa shape index (κ1) is 23.7. The average molecular weight is 511 g/mol. The maximum atomic E-state index is 12.4. The first-order valence-electron chi connectivity index (χ1n) is 10.4. The van der Waals surface area contributed by atoms with Crippen LogP contribution in [0.1, 0.15) is 24.8 Å². The number of amides is 1. The van der Waals surface area contributed by atoms with Crippen molar-refractivity contribution in [3.63, 3.8) is 0 Å². The third-order valence-corrected chi connectivity index (χ3v) is 5.46.